The van der Waals surface area contributed by atoms with Crippen LogP contribution in [0.4, 0.5) is 0 Å². The fraction of sp³-hybridized carbons (Fsp3) is 0.0370. The molecule has 168 valence electrons. The Hall–Kier alpha value is -4.29. The molecule has 6 nitrogen and oxygen atoms in total. The Kier molecular flexibility index (Phi) is 5.65. The number of nitrogens with one attached hydrogen (secondary N) is 1. The fourth-order valence-electron chi connectivity index (χ4n) is 3.72. The Bertz CT molecular complexity index is 1500. The maximum Gasteiger partial charge on any atom is 0.341 e. The second-order valence-electron chi connectivity index (χ2n) is 7.61. The van der Waals surface area contributed by atoms with Gasteiger partial charge in [-0.15, -0.1) is 0 Å². The number of imidazole rings is 1. The van der Waals surface area contributed by atoms with Crippen LogP contribution in [0.1, 0.15) is 10.4 Å². The maximum absolute atomic E-state index is 11.6. The largest absolute Gasteiger partial charge is 0.507 e. The summed E-state index contributed by atoms with van der Waals surface area (Å²) in [7, 11) is 1.25. The topological polar surface area (TPSA) is 84.4 Å². The highest BCUT2D eigenvalue weighted by atomic mass is 35.5. The molecule has 0 radical (unpaired) electrons. The quantitative estimate of drug-likeness (QED) is 0.275. The Balaban J connectivity index is 1.42. The summed E-state index contributed by atoms with van der Waals surface area (Å²) in [4.78, 5) is 19.2. The number of carbonyl (C=O) groups excluding carboxylic acids is 1. The number of carbonyl (C=O) groups is 1. The molecular formula is C27H19ClN2O4. The highest BCUT2D eigenvalue weighted by Crippen LogP contribution is 2.34. The van der Waals surface area contributed by atoms with Crippen LogP contribution >= 0.6 is 11.6 Å². The highest BCUT2D eigenvalue weighted by molar-refractivity contribution is 6.34. The first-order chi connectivity index (χ1) is 16.5. The van der Waals surface area contributed by atoms with Gasteiger partial charge in [0.25, 0.3) is 6.01 Å². The van der Waals surface area contributed by atoms with E-state index in [0.29, 0.717) is 21.8 Å². The molecule has 0 aliphatic heterocycles. The maximum atomic E-state index is 11.6. The number of benzene rings is 4. The predicted molar refractivity (Wildman–Crippen MR) is 131 cm³/mol. The molecule has 4 aromatic carbocycles. The van der Waals surface area contributed by atoms with Crippen molar-refractivity contribution in [2.45, 2.75) is 0 Å². The molecule has 2 N–H and O–H groups in total. The van der Waals surface area contributed by atoms with Gasteiger partial charge < -0.3 is 19.6 Å². The van der Waals surface area contributed by atoms with E-state index in [-0.39, 0.29) is 17.3 Å². The van der Waals surface area contributed by atoms with Gasteiger partial charge in [0.1, 0.15) is 17.1 Å². The van der Waals surface area contributed by atoms with Gasteiger partial charge in [0, 0.05) is 11.6 Å². The first kappa shape index (κ1) is 21.6. The number of fused-ring (bicyclic) bond motifs is 1. The normalized spacial score (nSPS) is 10.9. The van der Waals surface area contributed by atoms with Crippen LogP contribution in [0.3, 0.4) is 0 Å². The zero-order chi connectivity index (χ0) is 23.7. The van der Waals surface area contributed by atoms with Crippen LogP contribution in [0.25, 0.3) is 33.3 Å². The summed E-state index contributed by atoms with van der Waals surface area (Å²) in [5.41, 5.74) is 5.53. The van der Waals surface area contributed by atoms with Crippen molar-refractivity contribution in [3.8, 4) is 39.8 Å². The van der Waals surface area contributed by atoms with Gasteiger partial charge in [0.2, 0.25) is 0 Å². The number of methoxy groups -OCH3 is 1. The first-order valence-electron chi connectivity index (χ1n) is 10.5. The minimum atomic E-state index is -0.633. The number of hydrogen-bond donors (Lipinski definition) is 2. The lowest BCUT2D eigenvalue weighted by atomic mass is 10.00. The smallest absolute Gasteiger partial charge is 0.341 e. The average Bonchev–Trinajstić information content (AvgIpc) is 3.24. The van der Waals surface area contributed by atoms with Crippen molar-refractivity contribution >= 4 is 28.6 Å². The van der Waals surface area contributed by atoms with Gasteiger partial charge in [-0.3, -0.25) is 0 Å². The number of halogens is 1. The van der Waals surface area contributed by atoms with E-state index in [4.69, 9.17) is 16.3 Å². The van der Waals surface area contributed by atoms with Gasteiger partial charge in [-0.05, 0) is 41.0 Å². The van der Waals surface area contributed by atoms with Crippen molar-refractivity contribution in [3.63, 3.8) is 0 Å². The molecule has 0 atom stereocenters. The molecule has 0 unspecified atom stereocenters. The van der Waals surface area contributed by atoms with Gasteiger partial charge in [-0.25, -0.2) is 4.79 Å². The number of phenolic OH excluding ortho intramolecular Hbond substituents is 1. The van der Waals surface area contributed by atoms with E-state index in [2.05, 4.69) is 39.0 Å². The van der Waals surface area contributed by atoms with Crippen molar-refractivity contribution in [2.75, 3.05) is 7.11 Å². The molecule has 0 amide bonds. The van der Waals surface area contributed by atoms with Gasteiger partial charge in [0.15, 0.2) is 0 Å². The summed E-state index contributed by atoms with van der Waals surface area (Å²) in [6.45, 7) is 0. The van der Waals surface area contributed by atoms with E-state index in [1.54, 1.807) is 12.1 Å². The Morgan fingerprint density at radius 3 is 2.32 bits per heavy atom. The molecule has 7 heteroatoms. The van der Waals surface area contributed by atoms with Crippen LogP contribution in [0.5, 0.6) is 17.5 Å². The lowest BCUT2D eigenvalue weighted by Gasteiger charge is -2.07. The summed E-state index contributed by atoms with van der Waals surface area (Å²) in [6, 6.07) is 26.6. The molecular weight excluding hydrogens is 452 g/mol. The molecule has 0 aliphatic carbocycles. The first-order valence-corrected chi connectivity index (χ1v) is 10.8. The molecule has 1 heterocycles. The van der Waals surface area contributed by atoms with Crippen LogP contribution in [0.2, 0.25) is 5.02 Å². The van der Waals surface area contributed by atoms with Gasteiger partial charge in [-0.1, -0.05) is 66.2 Å². The zero-order valence-electron chi connectivity index (χ0n) is 18.1. The third-order valence-corrected chi connectivity index (χ3v) is 5.75. The van der Waals surface area contributed by atoms with Gasteiger partial charge in [-0.2, -0.15) is 4.98 Å². The van der Waals surface area contributed by atoms with Crippen LogP contribution in [-0.4, -0.2) is 28.2 Å². The number of ether oxygens (including phenoxy) is 2. The monoisotopic (exact) mass is 470 g/mol. The average molecular weight is 471 g/mol. The third-order valence-electron chi connectivity index (χ3n) is 5.44. The molecule has 1 aromatic heterocycles. The lowest BCUT2D eigenvalue weighted by Crippen LogP contribution is -2.01. The van der Waals surface area contributed by atoms with Crippen molar-refractivity contribution in [1.82, 2.24) is 9.97 Å². The van der Waals surface area contributed by atoms with Crippen molar-refractivity contribution in [1.29, 1.82) is 0 Å². The van der Waals surface area contributed by atoms with Gasteiger partial charge in [0.05, 0.1) is 23.2 Å². The number of esters is 1. The molecule has 5 aromatic rings. The number of nitrogens with zero attached hydrogens (tertiary/aromatic N) is 1. The zero-order valence-corrected chi connectivity index (χ0v) is 18.8. The predicted octanol–water partition coefficient (Wildman–Crippen LogP) is 6.83. The SMILES string of the molecule is COC(=O)c1ccc(Oc2nc3cc(-c4ccc(-c5ccccc5)cc4)c(Cl)cc3[nH]2)cc1O. The highest BCUT2D eigenvalue weighted by Gasteiger charge is 2.14. The summed E-state index contributed by atoms with van der Waals surface area (Å²) in [5.74, 6) is -0.566. The lowest BCUT2D eigenvalue weighted by molar-refractivity contribution is 0.0597. The van der Waals surface area contributed by atoms with Crippen LogP contribution < -0.4 is 4.74 Å². The van der Waals surface area contributed by atoms with E-state index in [0.717, 1.165) is 22.3 Å². The third kappa shape index (κ3) is 4.19. The Labute approximate surface area is 200 Å². The fourth-order valence-corrected chi connectivity index (χ4v) is 3.99. The van der Waals surface area contributed by atoms with Gasteiger partial charge >= 0.3 is 5.97 Å². The molecule has 0 bridgehead atoms. The van der Waals surface area contributed by atoms with Crippen LogP contribution in [0, 0.1) is 0 Å². The van der Waals surface area contributed by atoms with Crippen molar-refractivity contribution in [3.05, 3.63) is 95.5 Å². The molecule has 0 fully saturated rings. The number of hydrogen-bond acceptors (Lipinski definition) is 5. The van der Waals surface area contributed by atoms with Crippen LogP contribution in [0.15, 0.2) is 84.9 Å². The number of rotatable bonds is 5. The number of H-pyrrole nitrogens is 1. The second-order valence-corrected chi connectivity index (χ2v) is 8.01. The number of aromatic amines is 1. The summed E-state index contributed by atoms with van der Waals surface area (Å²) in [6.07, 6.45) is 0. The molecule has 0 saturated carbocycles. The van der Waals surface area contributed by atoms with Crippen molar-refractivity contribution in [2.24, 2.45) is 0 Å². The van der Waals surface area contributed by atoms with E-state index >= 15 is 0 Å². The molecule has 5 rings (SSSR count). The van der Waals surface area contributed by atoms with Crippen LogP contribution in [-0.2, 0) is 4.74 Å². The summed E-state index contributed by atoms with van der Waals surface area (Å²) in [5, 5.41) is 10.7. The van der Waals surface area contributed by atoms with E-state index in [1.807, 2.05) is 36.4 Å². The summed E-state index contributed by atoms with van der Waals surface area (Å²) >= 11 is 6.58. The van der Waals surface area contributed by atoms with E-state index in [9.17, 15) is 9.90 Å². The molecule has 34 heavy (non-hydrogen) atoms. The molecule has 0 saturated heterocycles. The van der Waals surface area contributed by atoms with E-state index in [1.165, 1.54) is 19.2 Å². The minimum absolute atomic E-state index is 0.0502. The molecule has 0 aliphatic rings. The number of aromatic hydroxyl groups is 1. The number of aromatic nitrogens is 2. The molecule has 0 spiro atoms. The number of phenols is 1. The summed E-state index contributed by atoms with van der Waals surface area (Å²) < 4.78 is 10.4. The second kappa shape index (κ2) is 8.92. The minimum Gasteiger partial charge on any atom is -0.507 e. The Morgan fingerprint density at radius 2 is 1.62 bits per heavy atom. The Morgan fingerprint density at radius 1 is 0.912 bits per heavy atom. The standard InChI is InChI=1S/C27H19ClN2O4/c1-33-26(32)20-12-11-19(13-25(20)31)34-27-29-23-14-21(22(28)15-24(23)30-27)18-9-7-17(8-10-18)16-5-3-2-4-6-16/h2-15,31H,1H3,(H,29,30). The van der Waals surface area contributed by atoms with E-state index < -0.39 is 5.97 Å². The van der Waals surface area contributed by atoms with Crippen molar-refractivity contribution < 1.29 is 19.4 Å².